The van der Waals surface area contributed by atoms with Gasteiger partial charge in [-0.2, -0.15) is 5.10 Å². The number of aromatic hydroxyl groups is 1. The molecule has 0 unspecified atom stereocenters. The first kappa shape index (κ1) is 19.2. The third kappa shape index (κ3) is 4.70. The highest BCUT2D eigenvalue weighted by Crippen LogP contribution is 2.32. The number of nitro groups is 1. The molecule has 2 aromatic carbocycles. The number of nitrogens with one attached hydrogen (secondary N) is 2. The smallest absolute Gasteiger partial charge is 0.312 e. The molecule has 2 aromatic rings. The van der Waals surface area contributed by atoms with Gasteiger partial charge in [0.15, 0.2) is 0 Å². The summed E-state index contributed by atoms with van der Waals surface area (Å²) in [5.74, 6) is -0.996. The molecule has 136 valence electrons. The minimum Gasteiger partial charge on any atom is -0.502 e. The topological polar surface area (TPSA) is 117 Å². The number of nitrogens with zero attached hydrogens (tertiary/aromatic N) is 2. The van der Waals surface area contributed by atoms with Crippen LogP contribution in [0.1, 0.15) is 18.1 Å². The third-order valence-electron chi connectivity index (χ3n) is 3.57. The number of phenolic OH excluding ortho intramolecular Hbond substituents is 1. The summed E-state index contributed by atoms with van der Waals surface area (Å²) in [6.07, 6.45) is 1.09. The second kappa shape index (κ2) is 8.30. The summed E-state index contributed by atoms with van der Waals surface area (Å²) in [5, 5.41) is 27.6. The van der Waals surface area contributed by atoms with E-state index in [1.165, 1.54) is 6.07 Å². The first-order chi connectivity index (χ1) is 12.3. The average molecular weight is 377 g/mol. The van der Waals surface area contributed by atoms with E-state index in [1.807, 2.05) is 31.2 Å². The summed E-state index contributed by atoms with van der Waals surface area (Å²) in [6.45, 7) is 3.58. The highest BCUT2D eigenvalue weighted by Gasteiger charge is 2.18. The number of hydrazone groups is 1. The van der Waals surface area contributed by atoms with Gasteiger partial charge in [0.25, 0.3) is 5.91 Å². The quantitative estimate of drug-likeness (QED) is 0.406. The van der Waals surface area contributed by atoms with Gasteiger partial charge in [-0.05, 0) is 31.5 Å². The number of amides is 1. The minimum atomic E-state index is -0.759. The minimum absolute atomic E-state index is 0.0176. The van der Waals surface area contributed by atoms with E-state index < -0.39 is 28.3 Å². The highest BCUT2D eigenvalue weighted by atomic mass is 35.5. The number of halogens is 1. The number of carbonyl (C=O) groups is 1. The number of hydrogen-bond donors (Lipinski definition) is 3. The van der Waals surface area contributed by atoms with Crippen molar-refractivity contribution in [3.05, 3.63) is 62.7 Å². The Labute approximate surface area is 154 Å². The van der Waals surface area contributed by atoms with E-state index in [1.54, 1.807) is 6.92 Å². The number of rotatable bonds is 6. The molecule has 0 bridgehead atoms. The Balaban J connectivity index is 2.05. The standard InChI is InChI=1S/C17H17ClN4O4/c1-10-5-3-4-6-14(10)20-11(2)17(24)21-19-9-12-7-13(18)8-15(16(12)23)22(25)26/h3-9,11,20,23H,1-2H3,(H,21,24)/t11-/m1/s1. The Hall–Kier alpha value is -3.13. The highest BCUT2D eigenvalue weighted by molar-refractivity contribution is 6.31. The lowest BCUT2D eigenvalue weighted by Gasteiger charge is -2.15. The Bertz CT molecular complexity index is 870. The maximum Gasteiger partial charge on any atom is 0.312 e. The number of para-hydroxylation sites is 1. The van der Waals surface area contributed by atoms with Gasteiger partial charge in [-0.15, -0.1) is 0 Å². The van der Waals surface area contributed by atoms with Gasteiger partial charge >= 0.3 is 5.69 Å². The van der Waals surface area contributed by atoms with Crippen molar-refractivity contribution in [3.8, 4) is 5.75 Å². The number of benzene rings is 2. The molecular formula is C17H17ClN4O4. The Morgan fingerprint density at radius 3 is 2.73 bits per heavy atom. The average Bonchev–Trinajstić information content (AvgIpc) is 2.59. The van der Waals surface area contributed by atoms with E-state index in [9.17, 15) is 20.0 Å². The van der Waals surface area contributed by atoms with Crippen molar-refractivity contribution in [2.75, 3.05) is 5.32 Å². The molecular weight excluding hydrogens is 360 g/mol. The lowest BCUT2D eigenvalue weighted by Crippen LogP contribution is -2.35. The lowest BCUT2D eigenvalue weighted by molar-refractivity contribution is -0.385. The molecule has 3 N–H and O–H groups in total. The van der Waals surface area contributed by atoms with E-state index in [4.69, 9.17) is 11.6 Å². The molecule has 0 saturated carbocycles. The van der Waals surface area contributed by atoms with Crippen LogP contribution in [0, 0.1) is 17.0 Å². The van der Waals surface area contributed by atoms with Crippen molar-refractivity contribution < 1.29 is 14.8 Å². The Morgan fingerprint density at radius 2 is 2.08 bits per heavy atom. The maximum atomic E-state index is 12.1. The number of aryl methyl sites for hydroxylation is 1. The molecule has 0 aliphatic carbocycles. The van der Waals surface area contributed by atoms with E-state index in [0.29, 0.717) is 0 Å². The first-order valence-electron chi connectivity index (χ1n) is 7.61. The molecule has 0 aliphatic heterocycles. The molecule has 26 heavy (non-hydrogen) atoms. The summed E-state index contributed by atoms with van der Waals surface area (Å²) in [6, 6.07) is 9.27. The van der Waals surface area contributed by atoms with Crippen LogP contribution in [0.15, 0.2) is 41.5 Å². The van der Waals surface area contributed by atoms with Crippen molar-refractivity contribution in [2.45, 2.75) is 19.9 Å². The molecule has 2 rings (SSSR count). The van der Waals surface area contributed by atoms with E-state index in [-0.39, 0.29) is 10.6 Å². The first-order valence-corrected chi connectivity index (χ1v) is 7.99. The normalized spacial score (nSPS) is 12.0. The molecule has 0 spiro atoms. The molecule has 0 radical (unpaired) electrons. The van der Waals surface area contributed by atoms with Crippen LogP contribution in [0.3, 0.4) is 0 Å². The zero-order valence-electron chi connectivity index (χ0n) is 14.1. The van der Waals surface area contributed by atoms with Crippen LogP contribution in [0.5, 0.6) is 5.75 Å². The van der Waals surface area contributed by atoms with Gasteiger partial charge in [0.05, 0.1) is 11.1 Å². The van der Waals surface area contributed by atoms with Crippen molar-refractivity contribution in [2.24, 2.45) is 5.10 Å². The maximum absolute atomic E-state index is 12.1. The van der Waals surface area contributed by atoms with Crippen LogP contribution in [-0.4, -0.2) is 28.2 Å². The van der Waals surface area contributed by atoms with Crippen LogP contribution in [0.4, 0.5) is 11.4 Å². The van der Waals surface area contributed by atoms with Gasteiger partial charge < -0.3 is 10.4 Å². The molecule has 0 aliphatic rings. The third-order valence-corrected chi connectivity index (χ3v) is 3.79. The predicted octanol–water partition coefficient (Wildman–Crippen LogP) is 3.21. The molecule has 8 nitrogen and oxygen atoms in total. The Morgan fingerprint density at radius 1 is 1.38 bits per heavy atom. The summed E-state index contributed by atoms with van der Waals surface area (Å²) >= 11 is 5.79. The van der Waals surface area contributed by atoms with Gasteiger partial charge in [-0.25, -0.2) is 5.43 Å². The van der Waals surface area contributed by atoms with Crippen LogP contribution < -0.4 is 10.7 Å². The second-order valence-electron chi connectivity index (χ2n) is 5.54. The molecule has 0 heterocycles. The molecule has 0 saturated heterocycles. The lowest BCUT2D eigenvalue weighted by atomic mass is 10.2. The summed E-state index contributed by atoms with van der Waals surface area (Å²) in [5.41, 5.74) is 3.60. The predicted molar refractivity (Wildman–Crippen MR) is 99.8 cm³/mol. The van der Waals surface area contributed by atoms with Crippen molar-refractivity contribution in [1.29, 1.82) is 0 Å². The summed E-state index contributed by atoms with van der Waals surface area (Å²) in [4.78, 5) is 22.2. The van der Waals surface area contributed by atoms with Crippen molar-refractivity contribution in [3.63, 3.8) is 0 Å². The molecule has 9 heteroatoms. The second-order valence-corrected chi connectivity index (χ2v) is 5.97. The van der Waals surface area contributed by atoms with Crippen LogP contribution in [-0.2, 0) is 4.79 Å². The fourth-order valence-electron chi connectivity index (χ4n) is 2.14. The summed E-state index contributed by atoms with van der Waals surface area (Å²) in [7, 11) is 0. The largest absolute Gasteiger partial charge is 0.502 e. The fraction of sp³-hybridized carbons (Fsp3) is 0.176. The van der Waals surface area contributed by atoms with Crippen LogP contribution in [0.25, 0.3) is 0 Å². The monoisotopic (exact) mass is 376 g/mol. The molecule has 1 amide bonds. The SMILES string of the molecule is Cc1ccccc1N[C@H](C)C(=O)NN=Cc1cc(Cl)cc([N+](=O)[O-])c1O. The zero-order chi connectivity index (χ0) is 19.3. The van der Waals surface area contributed by atoms with Crippen LogP contribution in [0.2, 0.25) is 5.02 Å². The molecule has 1 atom stereocenters. The van der Waals surface area contributed by atoms with Crippen molar-refractivity contribution in [1.82, 2.24) is 5.43 Å². The van der Waals surface area contributed by atoms with Crippen molar-refractivity contribution >= 4 is 35.1 Å². The van der Waals surface area contributed by atoms with Gasteiger partial charge in [-0.1, -0.05) is 29.8 Å². The van der Waals surface area contributed by atoms with E-state index >= 15 is 0 Å². The number of hydrogen-bond acceptors (Lipinski definition) is 6. The van der Waals surface area contributed by atoms with Crippen LogP contribution >= 0.6 is 11.6 Å². The van der Waals surface area contributed by atoms with Gasteiger partial charge in [-0.3, -0.25) is 14.9 Å². The Kier molecular flexibility index (Phi) is 6.13. The van der Waals surface area contributed by atoms with E-state index in [0.717, 1.165) is 23.5 Å². The fourth-order valence-corrected chi connectivity index (χ4v) is 2.36. The van der Waals surface area contributed by atoms with Gasteiger partial charge in [0.2, 0.25) is 5.75 Å². The number of phenols is 1. The summed E-state index contributed by atoms with van der Waals surface area (Å²) < 4.78 is 0. The van der Waals surface area contributed by atoms with E-state index in [2.05, 4.69) is 15.8 Å². The van der Waals surface area contributed by atoms with Gasteiger partial charge in [0, 0.05) is 22.3 Å². The number of anilines is 1. The number of carbonyl (C=O) groups excluding carboxylic acids is 1. The van der Waals surface area contributed by atoms with Gasteiger partial charge in [0.1, 0.15) is 6.04 Å². The zero-order valence-corrected chi connectivity index (χ0v) is 14.8. The molecule has 0 fully saturated rings. The number of nitro benzene ring substituents is 1. The molecule has 0 aromatic heterocycles.